The summed E-state index contributed by atoms with van der Waals surface area (Å²) in [6, 6.07) is 8.77. The number of aryl methyl sites for hydroxylation is 2. The summed E-state index contributed by atoms with van der Waals surface area (Å²) in [5, 5.41) is 15.5. The van der Waals surface area contributed by atoms with Gasteiger partial charge in [0.2, 0.25) is 0 Å². The van der Waals surface area contributed by atoms with Gasteiger partial charge in [-0.2, -0.15) is 5.10 Å². The highest BCUT2D eigenvalue weighted by atomic mass is 79.9. The van der Waals surface area contributed by atoms with Crippen LogP contribution in [0.2, 0.25) is 0 Å². The molecule has 5 nitrogen and oxygen atoms in total. The number of phenols is 1. The van der Waals surface area contributed by atoms with Crippen LogP contribution in [0, 0.1) is 0 Å². The number of fused-ring (bicyclic) bond motifs is 3. The van der Waals surface area contributed by atoms with E-state index in [1.807, 2.05) is 0 Å². The largest absolute Gasteiger partial charge is 0.506 e. The van der Waals surface area contributed by atoms with Crippen LogP contribution in [-0.4, -0.2) is 17.2 Å². The second-order valence-corrected chi connectivity index (χ2v) is 8.18. The summed E-state index contributed by atoms with van der Waals surface area (Å²) >= 11 is 6.70. The Kier molecular flexibility index (Phi) is 5.06. The molecule has 138 valence electrons. The summed E-state index contributed by atoms with van der Waals surface area (Å²) in [5.74, 6) is 0.735. The molecule has 0 aliphatic heterocycles. The highest BCUT2D eigenvalue weighted by Gasteiger charge is 2.22. The summed E-state index contributed by atoms with van der Waals surface area (Å²) in [4.78, 5) is 12.2. The molecule has 1 amide bonds. The third kappa shape index (κ3) is 3.53. The second-order valence-electron chi connectivity index (χ2n) is 6.41. The van der Waals surface area contributed by atoms with Crippen molar-refractivity contribution in [2.24, 2.45) is 5.10 Å². The van der Waals surface area contributed by atoms with Gasteiger partial charge in [0.25, 0.3) is 5.91 Å². The zero-order valence-corrected chi connectivity index (χ0v) is 17.4. The molecule has 2 aromatic carbocycles. The zero-order chi connectivity index (χ0) is 19.0. The molecule has 27 heavy (non-hydrogen) atoms. The van der Waals surface area contributed by atoms with Crippen molar-refractivity contribution in [1.29, 1.82) is 0 Å². The Morgan fingerprint density at radius 2 is 1.93 bits per heavy atom. The lowest BCUT2D eigenvalue weighted by atomic mass is 9.94. The highest BCUT2D eigenvalue weighted by molar-refractivity contribution is 9.10. The minimum Gasteiger partial charge on any atom is -0.506 e. The number of benzene rings is 2. The molecular formula is C20H16Br2N2O3. The van der Waals surface area contributed by atoms with E-state index in [4.69, 9.17) is 4.42 Å². The van der Waals surface area contributed by atoms with E-state index in [1.165, 1.54) is 6.21 Å². The van der Waals surface area contributed by atoms with Crippen LogP contribution in [0.5, 0.6) is 5.75 Å². The molecule has 0 fully saturated rings. The number of hydrogen-bond donors (Lipinski definition) is 2. The van der Waals surface area contributed by atoms with Gasteiger partial charge in [-0.15, -0.1) is 0 Å². The molecule has 0 bridgehead atoms. The van der Waals surface area contributed by atoms with E-state index in [9.17, 15) is 9.90 Å². The quantitative estimate of drug-likeness (QED) is 0.385. The Balaban J connectivity index is 1.67. The molecule has 1 heterocycles. The average Bonchev–Trinajstić information content (AvgIpc) is 3.03. The van der Waals surface area contributed by atoms with Gasteiger partial charge < -0.3 is 9.52 Å². The van der Waals surface area contributed by atoms with Gasteiger partial charge >= 0.3 is 0 Å². The van der Waals surface area contributed by atoms with Crippen LogP contribution in [0.25, 0.3) is 11.0 Å². The van der Waals surface area contributed by atoms with Crippen LogP contribution < -0.4 is 5.43 Å². The van der Waals surface area contributed by atoms with Crippen molar-refractivity contribution in [2.45, 2.75) is 25.7 Å². The Morgan fingerprint density at radius 3 is 2.70 bits per heavy atom. The molecular weight excluding hydrogens is 476 g/mol. The first-order valence-corrected chi connectivity index (χ1v) is 10.2. The molecule has 2 N–H and O–H groups in total. The third-order valence-corrected chi connectivity index (χ3v) is 5.81. The molecule has 0 saturated heterocycles. The van der Waals surface area contributed by atoms with E-state index in [0.29, 0.717) is 21.2 Å². The number of carbonyl (C=O) groups is 1. The van der Waals surface area contributed by atoms with Gasteiger partial charge in [-0.25, -0.2) is 5.43 Å². The van der Waals surface area contributed by atoms with Gasteiger partial charge in [0.1, 0.15) is 17.1 Å². The number of nitrogens with zero attached hydrogens (tertiary/aromatic N) is 1. The lowest BCUT2D eigenvalue weighted by Gasteiger charge is -2.10. The number of hydrogen-bond acceptors (Lipinski definition) is 4. The fourth-order valence-corrected chi connectivity index (χ4v) is 4.05. The highest BCUT2D eigenvalue weighted by Crippen LogP contribution is 2.40. The summed E-state index contributed by atoms with van der Waals surface area (Å²) in [6.07, 6.45) is 5.49. The monoisotopic (exact) mass is 490 g/mol. The standard InChI is InChI=1S/C20H16Br2N2O3/c21-12-7-5-11(6-8-12)20(26)24-23-10-14-18-13-3-1-2-4-16(13)27-17(18)9-15(22)19(14)25/h5-10,25H,1-4H2,(H,24,26)/b23-10+. The van der Waals surface area contributed by atoms with E-state index in [2.05, 4.69) is 42.4 Å². The van der Waals surface area contributed by atoms with Crippen LogP contribution in [0.1, 0.15) is 40.1 Å². The van der Waals surface area contributed by atoms with Crippen molar-refractivity contribution >= 4 is 55.0 Å². The predicted molar refractivity (Wildman–Crippen MR) is 111 cm³/mol. The first-order chi connectivity index (χ1) is 13.0. The number of aromatic hydroxyl groups is 1. The van der Waals surface area contributed by atoms with E-state index in [1.54, 1.807) is 30.3 Å². The van der Waals surface area contributed by atoms with Gasteiger partial charge in [0.15, 0.2) is 0 Å². The van der Waals surface area contributed by atoms with Gasteiger partial charge in [0, 0.05) is 33.0 Å². The molecule has 1 aliphatic carbocycles. The number of halogens is 2. The van der Waals surface area contributed by atoms with E-state index in [-0.39, 0.29) is 11.7 Å². The lowest BCUT2D eigenvalue weighted by molar-refractivity contribution is 0.0955. The molecule has 3 aromatic rings. The zero-order valence-electron chi connectivity index (χ0n) is 14.3. The molecule has 1 aromatic heterocycles. The van der Waals surface area contributed by atoms with Gasteiger partial charge in [0.05, 0.1) is 10.7 Å². The first-order valence-electron chi connectivity index (χ1n) is 8.59. The molecule has 7 heteroatoms. The average molecular weight is 492 g/mol. The van der Waals surface area contributed by atoms with Crippen LogP contribution >= 0.6 is 31.9 Å². The number of rotatable bonds is 3. The SMILES string of the molecule is O=C(N/N=C/c1c(O)c(Br)cc2oc3c(c12)CCCC3)c1ccc(Br)cc1. The number of hydrazone groups is 1. The minimum absolute atomic E-state index is 0.0818. The van der Waals surface area contributed by atoms with Crippen molar-refractivity contribution in [3.8, 4) is 5.75 Å². The first kappa shape index (κ1) is 18.3. The Morgan fingerprint density at radius 1 is 1.19 bits per heavy atom. The second kappa shape index (κ2) is 7.48. The van der Waals surface area contributed by atoms with E-state index in [0.717, 1.165) is 46.9 Å². The summed E-state index contributed by atoms with van der Waals surface area (Å²) in [6.45, 7) is 0. The predicted octanol–water partition coefficient (Wildman–Crippen LogP) is 5.31. The van der Waals surface area contributed by atoms with Gasteiger partial charge in [-0.05, 0) is 65.5 Å². The molecule has 0 unspecified atom stereocenters. The number of nitrogens with one attached hydrogen (secondary N) is 1. The maximum Gasteiger partial charge on any atom is 0.271 e. The molecule has 0 atom stereocenters. The van der Waals surface area contributed by atoms with Crippen molar-refractivity contribution in [2.75, 3.05) is 0 Å². The Labute approximate surface area is 172 Å². The lowest BCUT2D eigenvalue weighted by Crippen LogP contribution is -2.17. The fourth-order valence-electron chi connectivity index (χ4n) is 3.36. The van der Waals surface area contributed by atoms with Crippen molar-refractivity contribution in [3.63, 3.8) is 0 Å². The van der Waals surface area contributed by atoms with Crippen LogP contribution in [-0.2, 0) is 12.8 Å². The van der Waals surface area contributed by atoms with Crippen molar-refractivity contribution in [1.82, 2.24) is 5.43 Å². The third-order valence-electron chi connectivity index (χ3n) is 4.67. The maximum absolute atomic E-state index is 12.2. The van der Waals surface area contributed by atoms with Gasteiger partial charge in [-0.1, -0.05) is 15.9 Å². The van der Waals surface area contributed by atoms with Crippen LogP contribution in [0.15, 0.2) is 48.8 Å². The van der Waals surface area contributed by atoms with Crippen LogP contribution in [0.3, 0.4) is 0 Å². The van der Waals surface area contributed by atoms with Crippen molar-refractivity contribution in [3.05, 3.63) is 61.7 Å². The van der Waals surface area contributed by atoms with Crippen molar-refractivity contribution < 1.29 is 14.3 Å². The van der Waals surface area contributed by atoms with E-state index < -0.39 is 0 Å². The molecule has 0 radical (unpaired) electrons. The molecule has 0 saturated carbocycles. The normalized spacial score (nSPS) is 13.9. The summed E-state index contributed by atoms with van der Waals surface area (Å²) < 4.78 is 7.41. The smallest absolute Gasteiger partial charge is 0.271 e. The topological polar surface area (TPSA) is 74.8 Å². The molecule has 4 rings (SSSR count). The van der Waals surface area contributed by atoms with E-state index >= 15 is 0 Å². The molecule has 0 spiro atoms. The molecule has 1 aliphatic rings. The summed E-state index contributed by atoms with van der Waals surface area (Å²) in [7, 11) is 0. The van der Waals surface area contributed by atoms with Gasteiger partial charge in [-0.3, -0.25) is 4.79 Å². The number of amides is 1. The minimum atomic E-state index is -0.321. The number of carbonyl (C=O) groups excluding carboxylic acids is 1. The maximum atomic E-state index is 12.2. The van der Waals surface area contributed by atoms with Crippen LogP contribution in [0.4, 0.5) is 0 Å². The Hall–Kier alpha value is -2.12. The number of furan rings is 1. The summed E-state index contributed by atoms with van der Waals surface area (Å²) in [5.41, 5.74) is 5.39. The number of phenolic OH excluding ortho intramolecular Hbond substituents is 1. The fraction of sp³-hybridized carbons (Fsp3) is 0.200. The Bertz CT molecular complexity index is 1060.